The molecule has 170 valence electrons. The van der Waals surface area contributed by atoms with E-state index in [1.165, 1.54) is 16.8 Å². The van der Waals surface area contributed by atoms with Gasteiger partial charge in [0.2, 0.25) is 5.91 Å². The van der Waals surface area contributed by atoms with Crippen LogP contribution >= 0.6 is 0 Å². The molecule has 2 aliphatic rings. The quantitative estimate of drug-likeness (QED) is 0.470. The van der Waals surface area contributed by atoms with Crippen LogP contribution < -0.4 is 0 Å². The molecule has 0 unspecified atom stereocenters. The normalized spacial score (nSPS) is 17.4. The van der Waals surface area contributed by atoms with E-state index in [4.69, 9.17) is 4.74 Å². The Bertz CT molecular complexity index is 1010. The van der Waals surface area contributed by atoms with Crippen LogP contribution in [-0.2, 0) is 9.53 Å². The zero-order valence-corrected chi connectivity index (χ0v) is 17.8. The number of nitro benzene ring substituents is 1. The Morgan fingerprint density at radius 3 is 2.47 bits per heavy atom. The maximum absolute atomic E-state index is 13.0. The summed E-state index contributed by atoms with van der Waals surface area (Å²) >= 11 is 0. The van der Waals surface area contributed by atoms with E-state index in [2.05, 4.69) is 15.2 Å². The smallest absolute Gasteiger partial charge is 0.276 e. The Morgan fingerprint density at radius 1 is 1.09 bits per heavy atom. The molecule has 0 saturated carbocycles. The number of carbonyl (C=O) groups is 2. The largest absolute Gasteiger partial charge is 0.379 e. The maximum Gasteiger partial charge on any atom is 0.276 e. The van der Waals surface area contributed by atoms with Gasteiger partial charge < -0.3 is 14.5 Å². The van der Waals surface area contributed by atoms with Crippen molar-refractivity contribution >= 4 is 17.5 Å². The first kappa shape index (κ1) is 21.8. The van der Waals surface area contributed by atoms with Crippen molar-refractivity contribution < 1.29 is 19.2 Å². The van der Waals surface area contributed by atoms with E-state index in [0.717, 1.165) is 13.1 Å². The predicted molar refractivity (Wildman–Crippen MR) is 112 cm³/mol. The van der Waals surface area contributed by atoms with Crippen molar-refractivity contribution in [3.05, 3.63) is 45.8 Å². The van der Waals surface area contributed by atoms with Crippen LogP contribution in [0.15, 0.2) is 24.3 Å². The van der Waals surface area contributed by atoms with Gasteiger partial charge in [-0.15, -0.1) is 5.10 Å². The molecule has 0 aliphatic carbocycles. The first-order valence-electron chi connectivity index (χ1n) is 10.5. The molecule has 1 aromatic heterocycles. The summed E-state index contributed by atoms with van der Waals surface area (Å²) < 4.78 is 6.73. The van der Waals surface area contributed by atoms with Crippen molar-refractivity contribution in [2.24, 2.45) is 0 Å². The van der Waals surface area contributed by atoms with Gasteiger partial charge in [0.1, 0.15) is 0 Å². The average molecular weight is 443 g/mol. The lowest BCUT2D eigenvalue weighted by molar-refractivity contribution is -0.384. The number of nitrogens with zero attached hydrogens (tertiary/aromatic N) is 7. The van der Waals surface area contributed by atoms with Gasteiger partial charge >= 0.3 is 0 Å². The Hall–Kier alpha value is -3.38. The molecule has 2 aromatic rings. The highest BCUT2D eigenvalue weighted by Gasteiger charge is 2.29. The van der Waals surface area contributed by atoms with Gasteiger partial charge in [0.15, 0.2) is 5.69 Å². The van der Waals surface area contributed by atoms with Crippen molar-refractivity contribution in [3.8, 4) is 5.69 Å². The van der Waals surface area contributed by atoms with Gasteiger partial charge in [-0.05, 0) is 13.0 Å². The van der Waals surface area contributed by atoms with Gasteiger partial charge in [-0.3, -0.25) is 24.6 Å². The summed E-state index contributed by atoms with van der Waals surface area (Å²) in [6, 6.07) is 6.00. The lowest BCUT2D eigenvalue weighted by Gasteiger charge is -2.36. The summed E-state index contributed by atoms with van der Waals surface area (Å²) in [4.78, 5) is 41.7. The Morgan fingerprint density at radius 2 is 1.78 bits per heavy atom. The highest BCUT2D eigenvalue weighted by atomic mass is 16.6. The number of hydrogen-bond acceptors (Lipinski definition) is 8. The van der Waals surface area contributed by atoms with E-state index < -0.39 is 4.92 Å². The number of nitro groups is 1. The molecule has 12 nitrogen and oxygen atoms in total. The Balaban J connectivity index is 1.38. The Kier molecular flexibility index (Phi) is 6.42. The molecule has 3 heterocycles. The highest BCUT2D eigenvalue weighted by molar-refractivity contribution is 5.93. The van der Waals surface area contributed by atoms with Crippen molar-refractivity contribution in [1.82, 2.24) is 29.7 Å². The second-order valence-corrected chi connectivity index (χ2v) is 7.77. The van der Waals surface area contributed by atoms with Crippen LogP contribution in [0, 0.1) is 17.0 Å². The summed E-state index contributed by atoms with van der Waals surface area (Å²) in [5.41, 5.74) is 1.09. The lowest BCUT2D eigenvalue weighted by atomic mass is 10.2. The monoisotopic (exact) mass is 443 g/mol. The van der Waals surface area contributed by atoms with Crippen LogP contribution in [0.25, 0.3) is 5.69 Å². The van der Waals surface area contributed by atoms with E-state index in [1.807, 2.05) is 0 Å². The number of benzene rings is 1. The van der Waals surface area contributed by atoms with E-state index in [0.29, 0.717) is 57.3 Å². The van der Waals surface area contributed by atoms with Crippen LogP contribution in [0.4, 0.5) is 5.69 Å². The lowest BCUT2D eigenvalue weighted by Crippen LogP contribution is -2.53. The fourth-order valence-corrected chi connectivity index (χ4v) is 3.87. The van der Waals surface area contributed by atoms with E-state index in [1.54, 1.807) is 28.9 Å². The van der Waals surface area contributed by atoms with Crippen molar-refractivity contribution in [2.75, 3.05) is 59.0 Å². The van der Waals surface area contributed by atoms with Gasteiger partial charge in [-0.25, -0.2) is 4.68 Å². The van der Waals surface area contributed by atoms with Crippen molar-refractivity contribution in [3.63, 3.8) is 0 Å². The summed E-state index contributed by atoms with van der Waals surface area (Å²) in [5, 5.41) is 19.1. The summed E-state index contributed by atoms with van der Waals surface area (Å²) in [6.07, 6.45) is 0. The molecule has 2 fully saturated rings. The molecule has 32 heavy (non-hydrogen) atoms. The second kappa shape index (κ2) is 9.40. The zero-order chi connectivity index (χ0) is 22.7. The number of piperazine rings is 1. The number of hydrogen-bond donors (Lipinski definition) is 0. The van der Waals surface area contributed by atoms with Crippen LogP contribution in [-0.4, -0.2) is 105 Å². The van der Waals surface area contributed by atoms with Gasteiger partial charge in [0, 0.05) is 51.4 Å². The van der Waals surface area contributed by atoms with E-state index in [-0.39, 0.29) is 23.2 Å². The van der Waals surface area contributed by atoms with Gasteiger partial charge in [-0.1, -0.05) is 11.3 Å². The average Bonchev–Trinajstić information content (AvgIpc) is 3.20. The van der Waals surface area contributed by atoms with Crippen LogP contribution in [0.2, 0.25) is 0 Å². The zero-order valence-electron chi connectivity index (χ0n) is 17.8. The molecule has 2 aliphatic heterocycles. The standard InChI is InChI=1S/C20H25N7O5/c1-15-19(21-22-26(15)16-3-2-4-17(13-16)27(30)31)20(29)25-7-5-24(6-8-25)18(28)14-23-9-11-32-12-10-23/h2-4,13H,5-12,14H2,1H3. The summed E-state index contributed by atoms with van der Waals surface area (Å²) in [5.74, 6) is -0.203. The van der Waals surface area contributed by atoms with Crippen molar-refractivity contribution in [1.29, 1.82) is 0 Å². The second-order valence-electron chi connectivity index (χ2n) is 7.77. The minimum atomic E-state index is -0.484. The highest BCUT2D eigenvalue weighted by Crippen LogP contribution is 2.19. The van der Waals surface area contributed by atoms with E-state index >= 15 is 0 Å². The minimum Gasteiger partial charge on any atom is -0.379 e. The van der Waals surface area contributed by atoms with Gasteiger partial charge in [0.05, 0.1) is 36.1 Å². The molecule has 12 heteroatoms. The molecule has 0 radical (unpaired) electrons. The molecule has 0 bridgehead atoms. The molecule has 0 spiro atoms. The number of morpholine rings is 1. The Labute approximate surface area is 184 Å². The third-order valence-electron chi connectivity index (χ3n) is 5.76. The molecule has 2 amide bonds. The number of non-ortho nitro benzene ring substituents is 1. The number of rotatable bonds is 5. The number of ether oxygens (including phenoxy) is 1. The SMILES string of the molecule is Cc1c(C(=O)N2CCN(C(=O)CN3CCOCC3)CC2)nnn1-c1cccc([N+](=O)[O-])c1. The summed E-state index contributed by atoms with van der Waals surface area (Å²) in [6.45, 7) is 6.63. The van der Waals surface area contributed by atoms with Crippen molar-refractivity contribution in [2.45, 2.75) is 6.92 Å². The third kappa shape index (κ3) is 4.60. The topological polar surface area (TPSA) is 127 Å². The number of amides is 2. The molecule has 0 N–H and O–H groups in total. The van der Waals surface area contributed by atoms with Crippen LogP contribution in [0.1, 0.15) is 16.2 Å². The van der Waals surface area contributed by atoms with Crippen LogP contribution in [0.5, 0.6) is 0 Å². The molecule has 4 rings (SSSR count). The molecular formula is C20H25N7O5. The number of aromatic nitrogens is 3. The summed E-state index contributed by atoms with van der Waals surface area (Å²) in [7, 11) is 0. The predicted octanol–water partition coefficient (Wildman–Crippen LogP) is 0.101. The fourth-order valence-electron chi connectivity index (χ4n) is 3.87. The van der Waals surface area contributed by atoms with E-state index in [9.17, 15) is 19.7 Å². The molecule has 1 aromatic carbocycles. The first-order valence-corrected chi connectivity index (χ1v) is 10.5. The molecule has 2 saturated heterocycles. The maximum atomic E-state index is 13.0. The first-order chi connectivity index (χ1) is 15.4. The third-order valence-corrected chi connectivity index (χ3v) is 5.76. The van der Waals surface area contributed by atoms with Gasteiger partial charge in [0.25, 0.3) is 11.6 Å². The van der Waals surface area contributed by atoms with Crippen LogP contribution in [0.3, 0.4) is 0 Å². The fraction of sp³-hybridized carbons (Fsp3) is 0.500. The minimum absolute atomic E-state index is 0.0618. The number of carbonyl (C=O) groups excluding carboxylic acids is 2. The van der Waals surface area contributed by atoms with Gasteiger partial charge in [-0.2, -0.15) is 0 Å². The molecule has 0 atom stereocenters. The molecular weight excluding hydrogens is 418 g/mol.